The first kappa shape index (κ1) is 18.0. The highest BCUT2D eigenvalue weighted by molar-refractivity contribution is 5.85. The molecule has 21 heavy (non-hydrogen) atoms. The fraction of sp³-hybridized carbons (Fsp3) is 0.588. The summed E-state index contributed by atoms with van der Waals surface area (Å²) < 4.78 is 0. The second-order valence-electron chi connectivity index (χ2n) is 6.91. The van der Waals surface area contributed by atoms with E-state index in [4.69, 9.17) is 0 Å². The van der Waals surface area contributed by atoms with Gasteiger partial charge in [0.05, 0.1) is 12.0 Å². The first-order valence-corrected chi connectivity index (χ1v) is 7.45. The molecule has 0 bridgehead atoms. The molecule has 0 aromatic heterocycles. The molecule has 0 spiro atoms. The van der Waals surface area contributed by atoms with E-state index in [9.17, 15) is 4.79 Å². The van der Waals surface area contributed by atoms with Gasteiger partial charge >= 0.3 is 0 Å². The van der Waals surface area contributed by atoms with Crippen molar-refractivity contribution in [2.75, 3.05) is 13.1 Å². The zero-order chi connectivity index (χ0) is 14.8. The molecule has 118 valence electrons. The summed E-state index contributed by atoms with van der Waals surface area (Å²) in [6.45, 7) is 10.4. The molecule has 2 N–H and O–H groups in total. The molecule has 2 atom stereocenters. The normalized spacial score (nSPS) is 19.7. The van der Waals surface area contributed by atoms with Gasteiger partial charge in [-0.05, 0) is 30.9 Å². The Balaban J connectivity index is 0.00000220. The Morgan fingerprint density at radius 3 is 2.62 bits per heavy atom. The van der Waals surface area contributed by atoms with Gasteiger partial charge < -0.3 is 10.6 Å². The molecule has 1 aliphatic heterocycles. The maximum absolute atomic E-state index is 12.4. The average molecular weight is 311 g/mol. The summed E-state index contributed by atoms with van der Waals surface area (Å²) in [6, 6.07) is 8.48. The van der Waals surface area contributed by atoms with Gasteiger partial charge in [0.1, 0.15) is 0 Å². The zero-order valence-corrected chi connectivity index (χ0v) is 14.2. The Morgan fingerprint density at radius 1 is 1.38 bits per heavy atom. The van der Waals surface area contributed by atoms with Crippen LogP contribution in [0.4, 0.5) is 0 Å². The highest BCUT2D eigenvalue weighted by atomic mass is 35.5. The van der Waals surface area contributed by atoms with Crippen LogP contribution < -0.4 is 10.6 Å². The SMILES string of the molecule is Cc1cccc(C(NC(=O)C2CCNC2)C(C)(C)C)c1.Cl. The quantitative estimate of drug-likeness (QED) is 0.900. The van der Waals surface area contributed by atoms with Crippen molar-refractivity contribution >= 4 is 18.3 Å². The molecule has 2 unspecified atom stereocenters. The Labute approximate surface area is 134 Å². The lowest BCUT2D eigenvalue weighted by atomic mass is 9.81. The largest absolute Gasteiger partial charge is 0.348 e. The van der Waals surface area contributed by atoms with E-state index in [-0.39, 0.29) is 35.7 Å². The van der Waals surface area contributed by atoms with Crippen molar-refractivity contribution in [2.45, 2.75) is 40.2 Å². The van der Waals surface area contributed by atoms with Crippen LogP contribution in [-0.4, -0.2) is 19.0 Å². The van der Waals surface area contributed by atoms with Crippen molar-refractivity contribution in [3.05, 3.63) is 35.4 Å². The number of carbonyl (C=O) groups excluding carboxylic acids is 1. The number of halogens is 1. The minimum Gasteiger partial charge on any atom is -0.348 e. The number of amides is 1. The Kier molecular flexibility index (Phi) is 6.24. The Bertz CT molecular complexity index is 476. The molecule has 1 heterocycles. The van der Waals surface area contributed by atoms with E-state index in [1.165, 1.54) is 11.1 Å². The molecular formula is C17H27ClN2O. The maximum Gasteiger partial charge on any atom is 0.224 e. The third-order valence-corrected chi connectivity index (χ3v) is 3.96. The number of aryl methyl sites for hydroxylation is 1. The lowest BCUT2D eigenvalue weighted by molar-refractivity contribution is -0.126. The highest BCUT2D eigenvalue weighted by Gasteiger charge is 2.31. The topological polar surface area (TPSA) is 41.1 Å². The summed E-state index contributed by atoms with van der Waals surface area (Å²) in [5, 5.41) is 6.52. The van der Waals surface area contributed by atoms with E-state index >= 15 is 0 Å². The van der Waals surface area contributed by atoms with Gasteiger partial charge in [0, 0.05) is 6.54 Å². The van der Waals surface area contributed by atoms with E-state index in [1.807, 2.05) is 0 Å². The molecule has 0 aliphatic carbocycles. The van der Waals surface area contributed by atoms with Gasteiger partial charge in [-0.3, -0.25) is 4.79 Å². The van der Waals surface area contributed by atoms with E-state index < -0.39 is 0 Å². The second kappa shape index (κ2) is 7.28. The average Bonchev–Trinajstić information content (AvgIpc) is 2.88. The third-order valence-electron chi connectivity index (χ3n) is 3.96. The van der Waals surface area contributed by atoms with Crippen LogP contribution in [0.25, 0.3) is 0 Å². The molecule has 0 radical (unpaired) electrons. The Morgan fingerprint density at radius 2 is 2.10 bits per heavy atom. The van der Waals surface area contributed by atoms with Crippen molar-refractivity contribution in [1.82, 2.24) is 10.6 Å². The van der Waals surface area contributed by atoms with Crippen LogP contribution in [0.1, 0.15) is 44.4 Å². The zero-order valence-electron chi connectivity index (χ0n) is 13.4. The van der Waals surface area contributed by atoms with Crippen molar-refractivity contribution in [3.63, 3.8) is 0 Å². The van der Waals surface area contributed by atoms with Crippen molar-refractivity contribution < 1.29 is 4.79 Å². The van der Waals surface area contributed by atoms with Gasteiger partial charge in [0.15, 0.2) is 0 Å². The third kappa shape index (κ3) is 4.72. The molecule has 2 rings (SSSR count). The molecule has 1 aromatic carbocycles. The molecule has 0 saturated carbocycles. The Hall–Kier alpha value is -1.06. The summed E-state index contributed by atoms with van der Waals surface area (Å²) in [4.78, 5) is 12.4. The van der Waals surface area contributed by atoms with Gasteiger partial charge in [0.2, 0.25) is 5.91 Å². The van der Waals surface area contributed by atoms with Crippen LogP contribution in [0.5, 0.6) is 0 Å². The number of nitrogens with one attached hydrogen (secondary N) is 2. The first-order valence-electron chi connectivity index (χ1n) is 7.45. The molecular weight excluding hydrogens is 284 g/mol. The predicted molar refractivity (Wildman–Crippen MR) is 89.7 cm³/mol. The molecule has 1 amide bonds. The fourth-order valence-corrected chi connectivity index (χ4v) is 2.79. The second-order valence-corrected chi connectivity index (χ2v) is 6.91. The summed E-state index contributed by atoms with van der Waals surface area (Å²) in [7, 11) is 0. The van der Waals surface area contributed by atoms with Crippen molar-refractivity contribution in [1.29, 1.82) is 0 Å². The van der Waals surface area contributed by atoms with E-state index in [1.54, 1.807) is 0 Å². The van der Waals surface area contributed by atoms with E-state index in [0.717, 1.165) is 19.5 Å². The predicted octanol–water partition coefficient (Wildman–Crippen LogP) is 3.23. The molecule has 4 heteroatoms. The summed E-state index contributed by atoms with van der Waals surface area (Å²) in [5.41, 5.74) is 2.42. The number of rotatable bonds is 3. The van der Waals surface area contributed by atoms with Crippen LogP contribution >= 0.6 is 12.4 Å². The summed E-state index contributed by atoms with van der Waals surface area (Å²) in [6.07, 6.45) is 0.941. The first-order chi connectivity index (χ1) is 9.38. The van der Waals surface area contributed by atoms with Gasteiger partial charge in [0.25, 0.3) is 0 Å². The molecule has 1 aliphatic rings. The molecule has 1 fully saturated rings. The molecule has 1 saturated heterocycles. The molecule has 1 aromatic rings. The molecule has 3 nitrogen and oxygen atoms in total. The van der Waals surface area contributed by atoms with E-state index in [0.29, 0.717) is 0 Å². The minimum atomic E-state index is -0.00448. The van der Waals surface area contributed by atoms with Gasteiger partial charge in [-0.1, -0.05) is 50.6 Å². The van der Waals surface area contributed by atoms with Crippen LogP contribution in [0.3, 0.4) is 0 Å². The lowest BCUT2D eigenvalue weighted by Gasteiger charge is -2.33. The van der Waals surface area contributed by atoms with Crippen LogP contribution in [0.2, 0.25) is 0 Å². The van der Waals surface area contributed by atoms with Gasteiger partial charge in [-0.15, -0.1) is 12.4 Å². The van der Waals surface area contributed by atoms with Gasteiger partial charge in [-0.2, -0.15) is 0 Å². The number of hydrogen-bond acceptors (Lipinski definition) is 2. The summed E-state index contributed by atoms with van der Waals surface area (Å²) in [5.74, 6) is 0.293. The monoisotopic (exact) mass is 310 g/mol. The standard InChI is InChI=1S/C17H26N2O.ClH/c1-12-6-5-7-13(10-12)15(17(2,3)4)19-16(20)14-8-9-18-11-14;/h5-7,10,14-15,18H,8-9,11H2,1-4H3,(H,19,20);1H. The van der Waals surface area contributed by atoms with Crippen LogP contribution in [0, 0.1) is 18.3 Å². The number of benzene rings is 1. The van der Waals surface area contributed by atoms with Crippen LogP contribution in [0.15, 0.2) is 24.3 Å². The maximum atomic E-state index is 12.4. The smallest absolute Gasteiger partial charge is 0.224 e. The fourth-order valence-electron chi connectivity index (χ4n) is 2.79. The minimum absolute atomic E-state index is 0. The van der Waals surface area contributed by atoms with E-state index in [2.05, 4.69) is 62.6 Å². The van der Waals surface area contributed by atoms with Gasteiger partial charge in [-0.25, -0.2) is 0 Å². The summed E-state index contributed by atoms with van der Waals surface area (Å²) >= 11 is 0. The van der Waals surface area contributed by atoms with Crippen LogP contribution in [-0.2, 0) is 4.79 Å². The lowest BCUT2D eigenvalue weighted by Crippen LogP contribution is -2.40. The highest BCUT2D eigenvalue weighted by Crippen LogP contribution is 2.33. The van der Waals surface area contributed by atoms with Crippen molar-refractivity contribution in [2.24, 2.45) is 11.3 Å². The number of hydrogen-bond donors (Lipinski definition) is 2. The van der Waals surface area contributed by atoms with Crippen molar-refractivity contribution in [3.8, 4) is 0 Å². The number of carbonyl (C=O) groups is 1.